The lowest BCUT2D eigenvalue weighted by atomic mass is 10.0. The summed E-state index contributed by atoms with van der Waals surface area (Å²) in [5.74, 6) is -0.0232. The van der Waals surface area contributed by atoms with Gasteiger partial charge in [0.15, 0.2) is 0 Å². The topological polar surface area (TPSA) is 95.9 Å². The fourth-order valence-corrected chi connectivity index (χ4v) is 11.4. The molecule has 1 amide bonds. The largest absolute Gasteiger partial charge is 0.466 e. The van der Waals surface area contributed by atoms with Gasteiger partial charge in [-0.1, -0.05) is 346 Å². The second-order valence-electron chi connectivity index (χ2n) is 24.9. The Morgan fingerprint density at radius 2 is 0.637 bits per heavy atom. The van der Waals surface area contributed by atoms with Gasteiger partial charge in [0.25, 0.3) is 0 Å². The summed E-state index contributed by atoms with van der Waals surface area (Å²) in [7, 11) is 0. The highest BCUT2D eigenvalue weighted by Gasteiger charge is 2.20. The van der Waals surface area contributed by atoms with Gasteiger partial charge in [-0.05, 0) is 77.0 Å². The van der Waals surface area contributed by atoms with Crippen molar-refractivity contribution in [2.24, 2.45) is 0 Å². The zero-order valence-corrected chi connectivity index (χ0v) is 54.1. The number of hydrogen-bond donors (Lipinski definition) is 3. The molecule has 0 aliphatic heterocycles. The van der Waals surface area contributed by atoms with Crippen LogP contribution in [0.3, 0.4) is 0 Å². The molecule has 0 aromatic carbocycles. The fraction of sp³-hybridized carbons (Fsp3) is 0.892. The van der Waals surface area contributed by atoms with E-state index in [2.05, 4.69) is 55.6 Å². The van der Waals surface area contributed by atoms with Crippen LogP contribution in [-0.4, -0.2) is 47.4 Å². The van der Waals surface area contributed by atoms with Crippen molar-refractivity contribution in [2.75, 3.05) is 13.2 Å². The molecule has 0 fully saturated rings. The van der Waals surface area contributed by atoms with E-state index in [0.717, 1.165) is 51.4 Å². The minimum atomic E-state index is -0.661. The smallest absolute Gasteiger partial charge is 0.305 e. The monoisotopic (exact) mass is 1120 g/mol. The summed E-state index contributed by atoms with van der Waals surface area (Å²) in [4.78, 5) is 24.6. The second-order valence-corrected chi connectivity index (χ2v) is 24.9. The zero-order valence-electron chi connectivity index (χ0n) is 54.1. The molecule has 0 aromatic rings. The maximum Gasteiger partial charge on any atom is 0.305 e. The Morgan fingerprint density at radius 3 is 1.00 bits per heavy atom. The van der Waals surface area contributed by atoms with Gasteiger partial charge in [0.2, 0.25) is 5.91 Å². The van der Waals surface area contributed by atoms with Crippen molar-refractivity contribution < 1.29 is 24.5 Å². The Hall–Kier alpha value is -1.92. The molecule has 0 saturated carbocycles. The van der Waals surface area contributed by atoms with Crippen LogP contribution in [0.25, 0.3) is 0 Å². The van der Waals surface area contributed by atoms with Gasteiger partial charge in [0.1, 0.15) is 0 Å². The van der Waals surface area contributed by atoms with Gasteiger partial charge < -0.3 is 20.3 Å². The van der Waals surface area contributed by atoms with E-state index in [0.29, 0.717) is 25.9 Å². The van der Waals surface area contributed by atoms with Gasteiger partial charge >= 0.3 is 5.97 Å². The van der Waals surface area contributed by atoms with E-state index in [1.807, 2.05) is 0 Å². The molecule has 2 atom stereocenters. The first-order valence-corrected chi connectivity index (χ1v) is 36.2. The van der Waals surface area contributed by atoms with Crippen molar-refractivity contribution in [1.29, 1.82) is 0 Å². The third-order valence-corrected chi connectivity index (χ3v) is 16.9. The van der Waals surface area contributed by atoms with Crippen molar-refractivity contribution >= 4 is 11.9 Å². The summed E-state index contributed by atoms with van der Waals surface area (Å²) in [5.41, 5.74) is 0. The van der Waals surface area contributed by atoms with Crippen LogP contribution in [0.15, 0.2) is 36.5 Å². The number of carbonyl (C=O) groups is 2. The molecule has 6 nitrogen and oxygen atoms in total. The number of esters is 1. The maximum absolute atomic E-state index is 12.5. The predicted octanol–water partition coefficient (Wildman–Crippen LogP) is 23.5. The maximum atomic E-state index is 12.5. The lowest BCUT2D eigenvalue weighted by Gasteiger charge is -2.22. The molecule has 0 bridgehead atoms. The molecule has 6 heteroatoms. The second kappa shape index (κ2) is 69.6. The Bertz CT molecular complexity index is 1300. The molecule has 472 valence electrons. The molecule has 0 heterocycles. The van der Waals surface area contributed by atoms with E-state index in [1.165, 1.54) is 315 Å². The minimum absolute atomic E-state index is 0.00580. The highest BCUT2D eigenvalue weighted by Crippen LogP contribution is 2.19. The first-order chi connectivity index (χ1) is 39.5. The summed E-state index contributed by atoms with van der Waals surface area (Å²) < 4.78 is 5.48. The molecular weight excluding hydrogens is 983 g/mol. The van der Waals surface area contributed by atoms with Crippen LogP contribution in [0.2, 0.25) is 0 Å². The Labute approximate surface area is 500 Å². The number of carbonyl (C=O) groups excluding carboxylic acids is 2. The number of aliphatic hydroxyl groups is 2. The van der Waals surface area contributed by atoms with Crippen LogP contribution >= 0.6 is 0 Å². The van der Waals surface area contributed by atoms with Crippen molar-refractivity contribution in [1.82, 2.24) is 5.32 Å². The number of ether oxygens (including phenoxy) is 1. The third kappa shape index (κ3) is 65.2. The fourth-order valence-electron chi connectivity index (χ4n) is 11.4. The van der Waals surface area contributed by atoms with Crippen LogP contribution in [0.5, 0.6) is 0 Å². The summed E-state index contributed by atoms with van der Waals surface area (Å²) >= 11 is 0. The molecule has 2 unspecified atom stereocenters. The quantitative estimate of drug-likeness (QED) is 0.0320. The van der Waals surface area contributed by atoms with Gasteiger partial charge in [-0.15, -0.1) is 0 Å². The Balaban J connectivity index is 3.33. The van der Waals surface area contributed by atoms with E-state index >= 15 is 0 Å². The van der Waals surface area contributed by atoms with Gasteiger partial charge in [-0.25, -0.2) is 0 Å². The van der Waals surface area contributed by atoms with E-state index in [1.54, 1.807) is 0 Å². The van der Waals surface area contributed by atoms with Crippen LogP contribution in [0.1, 0.15) is 399 Å². The first-order valence-electron chi connectivity index (χ1n) is 36.2. The number of aliphatic hydroxyl groups excluding tert-OH is 2. The SMILES string of the molecule is CCCC/C=C\C/C=C\CCCCCCCC(=O)OCCCCCCCCCCCCCCCC/C=C\CCCCCCCCCCCCCCCCCCCC(=O)NC(CO)C(O)CCCCCCCCCCCCCCCC. The molecule has 0 radical (unpaired) electrons. The van der Waals surface area contributed by atoms with E-state index in [-0.39, 0.29) is 18.5 Å². The summed E-state index contributed by atoms with van der Waals surface area (Å²) in [6.07, 6.45) is 89.3. The normalized spacial score (nSPS) is 12.7. The standard InChI is InChI=1S/C74H141NO5/c1-3-5-7-9-11-13-15-17-42-46-50-54-58-62-66-72(77)71(70-76)75-73(78)67-63-59-55-51-47-43-40-38-36-34-32-30-28-26-24-22-20-19-21-23-25-27-29-31-33-35-37-39-41-45-49-53-57-61-65-69-80-74(79)68-64-60-56-52-48-44-18-16-14-12-10-8-6-4-2/h10,12,16,18,21,23,71-72,76-77H,3-9,11,13-15,17,19-20,22,24-70H2,1-2H3,(H,75,78)/b12-10-,18-16-,23-21-. The van der Waals surface area contributed by atoms with Gasteiger partial charge in [-0.3, -0.25) is 9.59 Å². The number of nitrogens with one attached hydrogen (secondary N) is 1. The zero-order chi connectivity index (χ0) is 57.8. The van der Waals surface area contributed by atoms with Crippen LogP contribution in [0.4, 0.5) is 0 Å². The lowest BCUT2D eigenvalue weighted by Crippen LogP contribution is -2.45. The average Bonchev–Trinajstić information content (AvgIpc) is 3.46. The highest BCUT2D eigenvalue weighted by molar-refractivity contribution is 5.76. The summed E-state index contributed by atoms with van der Waals surface area (Å²) in [6.45, 7) is 4.94. The first kappa shape index (κ1) is 78.1. The van der Waals surface area contributed by atoms with Gasteiger partial charge in [0, 0.05) is 12.8 Å². The lowest BCUT2D eigenvalue weighted by molar-refractivity contribution is -0.143. The van der Waals surface area contributed by atoms with E-state index in [4.69, 9.17) is 4.74 Å². The molecule has 0 aromatic heterocycles. The van der Waals surface area contributed by atoms with Crippen molar-refractivity contribution in [3.63, 3.8) is 0 Å². The van der Waals surface area contributed by atoms with Crippen LogP contribution in [-0.2, 0) is 14.3 Å². The number of amides is 1. The average molecular weight is 1120 g/mol. The molecule has 3 N–H and O–H groups in total. The van der Waals surface area contributed by atoms with Crippen LogP contribution in [0, 0.1) is 0 Å². The number of unbranched alkanes of at least 4 members (excludes halogenated alkanes) is 51. The molecule has 80 heavy (non-hydrogen) atoms. The number of hydrogen-bond acceptors (Lipinski definition) is 5. The molecule has 0 aliphatic rings. The predicted molar refractivity (Wildman–Crippen MR) is 352 cm³/mol. The number of rotatable bonds is 68. The highest BCUT2D eigenvalue weighted by atomic mass is 16.5. The summed E-state index contributed by atoms with van der Waals surface area (Å²) in [6, 6.07) is -0.538. The van der Waals surface area contributed by atoms with Gasteiger partial charge in [0.05, 0.1) is 25.4 Å². The van der Waals surface area contributed by atoms with Crippen molar-refractivity contribution in [2.45, 2.75) is 411 Å². The van der Waals surface area contributed by atoms with E-state index in [9.17, 15) is 19.8 Å². The van der Waals surface area contributed by atoms with Crippen LogP contribution < -0.4 is 5.32 Å². The third-order valence-electron chi connectivity index (χ3n) is 16.9. The molecule has 0 rings (SSSR count). The molecule has 0 saturated heterocycles. The molecule has 0 spiro atoms. The van der Waals surface area contributed by atoms with Crippen molar-refractivity contribution in [3.8, 4) is 0 Å². The summed E-state index contributed by atoms with van der Waals surface area (Å²) in [5, 5.41) is 23.3. The molecule has 0 aliphatic carbocycles. The molecular formula is C74H141NO5. The van der Waals surface area contributed by atoms with Gasteiger partial charge in [-0.2, -0.15) is 0 Å². The Morgan fingerprint density at radius 1 is 0.350 bits per heavy atom. The minimum Gasteiger partial charge on any atom is -0.466 e. The van der Waals surface area contributed by atoms with E-state index < -0.39 is 12.1 Å². The van der Waals surface area contributed by atoms with Crippen molar-refractivity contribution in [3.05, 3.63) is 36.5 Å². The number of allylic oxidation sites excluding steroid dienone is 6. The Kier molecular flexibility index (Phi) is 67.9.